The van der Waals surface area contributed by atoms with E-state index in [2.05, 4.69) is 43.1 Å². The van der Waals surface area contributed by atoms with E-state index in [1.165, 1.54) is 39.0 Å². The van der Waals surface area contributed by atoms with Crippen molar-refractivity contribution in [3.05, 3.63) is 0 Å². The average Bonchev–Trinajstić information content (AvgIpc) is 2.27. The number of nitrogens with one attached hydrogen (secondary N) is 1. The summed E-state index contributed by atoms with van der Waals surface area (Å²) in [6, 6.07) is 1.32. The smallest absolute Gasteiger partial charge is 0.0169 e. The summed E-state index contributed by atoms with van der Waals surface area (Å²) < 4.78 is 0. The first-order valence-corrected chi connectivity index (χ1v) is 6.21. The summed E-state index contributed by atoms with van der Waals surface area (Å²) in [5.74, 6) is 0. The summed E-state index contributed by atoms with van der Waals surface area (Å²) in [5, 5.41) is 3.62. The van der Waals surface area contributed by atoms with Crippen LogP contribution in [0.3, 0.4) is 0 Å². The molecule has 15 heavy (non-hydrogen) atoms. The van der Waals surface area contributed by atoms with Crippen molar-refractivity contribution in [1.82, 2.24) is 15.1 Å². The minimum atomic E-state index is 0.641. The van der Waals surface area contributed by atoms with E-state index in [0.717, 1.165) is 0 Å². The summed E-state index contributed by atoms with van der Waals surface area (Å²) in [5.41, 5.74) is 0. The molecule has 1 rings (SSSR count). The molecule has 1 N–H and O–H groups in total. The molecular weight excluding hydrogens is 186 g/mol. The van der Waals surface area contributed by atoms with Gasteiger partial charge in [0.1, 0.15) is 0 Å². The molecule has 0 bridgehead atoms. The zero-order valence-corrected chi connectivity index (χ0v) is 10.8. The second-order valence-corrected chi connectivity index (χ2v) is 5.21. The molecule has 1 saturated heterocycles. The fourth-order valence-electron chi connectivity index (χ4n) is 2.29. The van der Waals surface area contributed by atoms with Crippen molar-refractivity contribution in [2.24, 2.45) is 0 Å². The second-order valence-electron chi connectivity index (χ2n) is 5.21. The van der Waals surface area contributed by atoms with Crippen LogP contribution < -0.4 is 5.32 Å². The highest BCUT2D eigenvalue weighted by molar-refractivity contribution is 4.77. The van der Waals surface area contributed by atoms with E-state index in [0.29, 0.717) is 12.1 Å². The van der Waals surface area contributed by atoms with Crippen molar-refractivity contribution in [1.29, 1.82) is 0 Å². The Balaban J connectivity index is 2.22. The monoisotopic (exact) mass is 213 g/mol. The van der Waals surface area contributed by atoms with Crippen LogP contribution >= 0.6 is 0 Å². The number of nitrogens with zero attached hydrogens (tertiary/aromatic N) is 2. The van der Waals surface area contributed by atoms with Crippen molar-refractivity contribution >= 4 is 0 Å². The third-order valence-corrected chi connectivity index (χ3v) is 3.06. The minimum absolute atomic E-state index is 0.641. The van der Waals surface area contributed by atoms with Crippen LogP contribution in [0.5, 0.6) is 0 Å². The number of rotatable bonds is 4. The molecule has 1 fully saturated rings. The van der Waals surface area contributed by atoms with Gasteiger partial charge in [0.15, 0.2) is 0 Å². The molecule has 0 aliphatic carbocycles. The fourth-order valence-corrected chi connectivity index (χ4v) is 2.29. The largest absolute Gasteiger partial charge is 0.310 e. The fraction of sp³-hybridized carbons (Fsp3) is 1.00. The lowest BCUT2D eigenvalue weighted by molar-refractivity contribution is 0.254. The van der Waals surface area contributed by atoms with Gasteiger partial charge >= 0.3 is 0 Å². The van der Waals surface area contributed by atoms with Gasteiger partial charge in [0.25, 0.3) is 0 Å². The number of hydrogen-bond donors (Lipinski definition) is 1. The van der Waals surface area contributed by atoms with Gasteiger partial charge in [-0.3, -0.25) is 0 Å². The molecule has 0 aromatic rings. The Kier molecular flexibility index (Phi) is 5.58. The van der Waals surface area contributed by atoms with E-state index in [1.54, 1.807) is 0 Å². The van der Waals surface area contributed by atoms with E-state index in [4.69, 9.17) is 0 Å². The molecule has 0 radical (unpaired) electrons. The first-order valence-electron chi connectivity index (χ1n) is 6.21. The van der Waals surface area contributed by atoms with E-state index >= 15 is 0 Å². The van der Waals surface area contributed by atoms with Gasteiger partial charge in [0, 0.05) is 18.6 Å². The van der Waals surface area contributed by atoms with Crippen LogP contribution in [0.25, 0.3) is 0 Å². The van der Waals surface area contributed by atoms with Gasteiger partial charge in [-0.2, -0.15) is 0 Å². The SMILES string of the molecule is CC1CCN(CCCN(C)C)CC(C)N1. The Morgan fingerprint density at radius 1 is 1.27 bits per heavy atom. The topological polar surface area (TPSA) is 18.5 Å². The van der Waals surface area contributed by atoms with E-state index < -0.39 is 0 Å². The van der Waals surface area contributed by atoms with Gasteiger partial charge < -0.3 is 15.1 Å². The lowest BCUT2D eigenvalue weighted by Gasteiger charge is -2.22. The molecule has 90 valence electrons. The van der Waals surface area contributed by atoms with Crippen molar-refractivity contribution < 1.29 is 0 Å². The first-order chi connectivity index (χ1) is 7.08. The molecule has 0 aromatic carbocycles. The summed E-state index contributed by atoms with van der Waals surface area (Å²) in [6.45, 7) is 9.50. The molecule has 0 amide bonds. The highest BCUT2D eigenvalue weighted by atomic mass is 15.2. The van der Waals surface area contributed by atoms with Gasteiger partial charge in [-0.15, -0.1) is 0 Å². The van der Waals surface area contributed by atoms with E-state index in [9.17, 15) is 0 Å². The van der Waals surface area contributed by atoms with Crippen LogP contribution in [0, 0.1) is 0 Å². The summed E-state index contributed by atoms with van der Waals surface area (Å²) in [7, 11) is 4.30. The van der Waals surface area contributed by atoms with Crippen LogP contribution in [0.4, 0.5) is 0 Å². The lowest BCUT2D eigenvalue weighted by Crippen LogP contribution is -2.38. The zero-order chi connectivity index (χ0) is 11.3. The molecule has 1 aliphatic heterocycles. The summed E-state index contributed by atoms with van der Waals surface area (Å²) in [6.07, 6.45) is 2.57. The van der Waals surface area contributed by atoms with Gasteiger partial charge in [-0.25, -0.2) is 0 Å². The van der Waals surface area contributed by atoms with Crippen LogP contribution in [-0.4, -0.2) is 62.2 Å². The third kappa shape index (κ3) is 5.50. The standard InChI is InChI=1S/C12H27N3/c1-11-6-9-15(10-12(2)13-11)8-5-7-14(3)4/h11-13H,5-10H2,1-4H3. The predicted molar refractivity (Wildman–Crippen MR) is 66.3 cm³/mol. The number of hydrogen-bond acceptors (Lipinski definition) is 3. The summed E-state index contributed by atoms with van der Waals surface area (Å²) >= 11 is 0. The molecule has 3 nitrogen and oxygen atoms in total. The quantitative estimate of drug-likeness (QED) is 0.752. The third-order valence-electron chi connectivity index (χ3n) is 3.06. The molecule has 2 atom stereocenters. The highest BCUT2D eigenvalue weighted by Crippen LogP contribution is 2.05. The van der Waals surface area contributed by atoms with Gasteiger partial charge in [0.05, 0.1) is 0 Å². The van der Waals surface area contributed by atoms with Crippen LogP contribution in [0.2, 0.25) is 0 Å². The Morgan fingerprint density at radius 3 is 2.67 bits per heavy atom. The lowest BCUT2D eigenvalue weighted by atomic mass is 10.2. The molecule has 0 aromatic heterocycles. The van der Waals surface area contributed by atoms with E-state index in [-0.39, 0.29) is 0 Å². The first kappa shape index (κ1) is 12.9. The van der Waals surface area contributed by atoms with Crippen molar-refractivity contribution in [3.8, 4) is 0 Å². The van der Waals surface area contributed by atoms with Gasteiger partial charge in [0.2, 0.25) is 0 Å². The maximum absolute atomic E-state index is 3.62. The van der Waals surface area contributed by atoms with Crippen LogP contribution in [0.15, 0.2) is 0 Å². The maximum Gasteiger partial charge on any atom is 0.0169 e. The van der Waals surface area contributed by atoms with Crippen molar-refractivity contribution in [2.45, 2.75) is 38.8 Å². The Bertz CT molecular complexity index is 170. The maximum atomic E-state index is 3.62. The van der Waals surface area contributed by atoms with E-state index in [1.807, 2.05) is 0 Å². The Hall–Kier alpha value is -0.120. The van der Waals surface area contributed by atoms with Crippen LogP contribution in [0.1, 0.15) is 26.7 Å². The second kappa shape index (κ2) is 6.46. The summed E-state index contributed by atoms with van der Waals surface area (Å²) in [4.78, 5) is 4.87. The van der Waals surface area contributed by atoms with Crippen molar-refractivity contribution in [2.75, 3.05) is 40.3 Å². The average molecular weight is 213 g/mol. The molecule has 0 spiro atoms. The highest BCUT2D eigenvalue weighted by Gasteiger charge is 2.17. The Morgan fingerprint density at radius 2 is 2.00 bits per heavy atom. The predicted octanol–water partition coefficient (Wildman–Crippen LogP) is 1.01. The normalized spacial score (nSPS) is 29.4. The molecule has 1 aliphatic rings. The Labute approximate surface area is 94.8 Å². The van der Waals surface area contributed by atoms with Gasteiger partial charge in [-0.05, 0) is 60.4 Å². The molecule has 3 heteroatoms. The van der Waals surface area contributed by atoms with Gasteiger partial charge in [-0.1, -0.05) is 0 Å². The van der Waals surface area contributed by atoms with Crippen LogP contribution in [-0.2, 0) is 0 Å². The minimum Gasteiger partial charge on any atom is -0.310 e. The zero-order valence-electron chi connectivity index (χ0n) is 10.8. The molecule has 0 saturated carbocycles. The van der Waals surface area contributed by atoms with Crippen molar-refractivity contribution in [3.63, 3.8) is 0 Å². The molecule has 1 heterocycles. The molecule has 2 unspecified atom stereocenters. The molecular formula is C12H27N3.